The van der Waals surface area contributed by atoms with Gasteiger partial charge in [-0.05, 0) is 57.0 Å². The zero-order valence-corrected chi connectivity index (χ0v) is 19.1. The maximum atomic E-state index is 13.2. The minimum absolute atomic E-state index is 0.117. The summed E-state index contributed by atoms with van der Waals surface area (Å²) in [6.07, 6.45) is 0. The van der Waals surface area contributed by atoms with E-state index in [2.05, 4.69) is 10.2 Å². The number of anilines is 1. The molecule has 1 aliphatic heterocycles. The molecule has 1 amide bonds. The second kappa shape index (κ2) is 9.18. The topological polar surface area (TPSA) is 74.1 Å². The van der Waals surface area contributed by atoms with E-state index in [-0.39, 0.29) is 29.4 Å². The van der Waals surface area contributed by atoms with Gasteiger partial charge < -0.3 is 5.32 Å². The predicted octanol–water partition coefficient (Wildman–Crippen LogP) is 3.58. The van der Waals surface area contributed by atoms with Crippen molar-refractivity contribution in [3.63, 3.8) is 0 Å². The zero-order chi connectivity index (χ0) is 22.8. The van der Waals surface area contributed by atoms with Crippen molar-refractivity contribution in [1.82, 2.24) is 9.21 Å². The van der Waals surface area contributed by atoms with Gasteiger partial charge in [-0.2, -0.15) is 4.31 Å². The average Bonchev–Trinajstić information content (AvgIpc) is 2.70. The molecule has 0 unspecified atom stereocenters. The number of hydrogen-bond acceptors (Lipinski definition) is 4. The Kier molecular flexibility index (Phi) is 6.80. The summed E-state index contributed by atoms with van der Waals surface area (Å²) in [4.78, 5) is 18.1. The highest BCUT2D eigenvalue weighted by Gasteiger charge is 2.38. The van der Waals surface area contributed by atoms with E-state index in [0.717, 1.165) is 16.8 Å². The number of benzene rings is 2. The van der Waals surface area contributed by atoms with Crippen molar-refractivity contribution in [2.45, 2.75) is 44.7 Å². The zero-order valence-electron chi connectivity index (χ0n) is 18.3. The number of amides is 1. The normalized spacial score (nSPS) is 20.2. The van der Waals surface area contributed by atoms with Crippen LogP contribution in [-0.2, 0) is 14.8 Å². The molecule has 1 saturated heterocycles. The molecule has 1 heterocycles. The van der Waals surface area contributed by atoms with E-state index in [1.165, 1.54) is 16.4 Å². The van der Waals surface area contributed by atoms with Gasteiger partial charge in [0.25, 0.3) is 0 Å². The minimum Gasteiger partial charge on any atom is -0.325 e. The summed E-state index contributed by atoms with van der Waals surface area (Å²) < 4.78 is 28.0. The van der Waals surface area contributed by atoms with Crippen LogP contribution in [0.25, 0.3) is 4.85 Å². The van der Waals surface area contributed by atoms with Crippen molar-refractivity contribution in [2.75, 3.05) is 25.0 Å². The number of carbonyl (C=O) groups excluding carboxylic acids is 1. The number of aryl methyl sites for hydroxylation is 2. The molecule has 2 aromatic rings. The van der Waals surface area contributed by atoms with Crippen LogP contribution in [0.3, 0.4) is 0 Å². The van der Waals surface area contributed by atoms with Crippen LogP contribution in [0.4, 0.5) is 11.4 Å². The summed E-state index contributed by atoms with van der Waals surface area (Å²) in [6, 6.07) is 11.4. The SMILES string of the molecule is [C-]#[N+]c1cccc(S(=O)(=O)N2[C@H](C)CN(CC(=O)Nc3cc(C)ccc3C)C[C@@H]2C)c1. The van der Waals surface area contributed by atoms with Crippen molar-refractivity contribution in [2.24, 2.45) is 0 Å². The van der Waals surface area contributed by atoms with Gasteiger partial charge in [-0.25, -0.2) is 13.3 Å². The molecule has 164 valence electrons. The van der Waals surface area contributed by atoms with Crippen molar-refractivity contribution in [3.05, 3.63) is 65.0 Å². The molecule has 7 nitrogen and oxygen atoms in total. The largest absolute Gasteiger partial charge is 0.325 e. The first kappa shape index (κ1) is 22.9. The number of carbonyl (C=O) groups is 1. The van der Waals surface area contributed by atoms with Crippen molar-refractivity contribution in [1.29, 1.82) is 0 Å². The Morgan fingerprint density at radius 1 is 1.13 bits per heavy atom. The highest BCUT2D eigenvalue weighted by molar-refractivity contribution is 7.89. The first-order chi connectivity index (χ1) is 14.6. The monoisotopic (exact) mass is 440 g/mol. The summed E-state index contributed by atoms with van der Waals surface area (Å²) in [7, 11) is -3.74. The summed E-state index contributed by atoms with van der Waals surface area (Å²) in [5.74, 6) is -0.117. The van der Waals surface area contributed by atoms with Gasteiger partial charge in [0.2, 0.25) is 15.9 Å². The van der Waals surface area contributed by atoms with Gasteiger partial charge in [-0.1, -0.05) is 24.3 Å². The van der Waals surface area contributed by atoms with Crippen LogP contribution in [0.15, 0.2) is 47.4 Å². The third kappa shape index (κ3) is 5.13. The van der Waals surface area contributed by atoms with Crippen molar-refractivity contribution in [3.8, 4) is 0 Å². The van der Waals surface area contributed by atoms with E-state index in [4.69, 9.17) is 6.57 Å². The molecule has 8 heteroatoms. The lowest BCUT2D eigenvalue weighted by atomic mass is 10.1. The molecule has 1 N–H and O–H groups in total. The number of hydrogen-bond donors (Lipinski definition) is 1. The predicted molar refractivity (Wildman–Crippen MR) is 122 cm³/mol. The summed E-state index contributed by atoms with van der Waals surface area (Å²) >= 11 is 0. The Hall–Kier alpha value is -2.73. The molecule has 1 aliphatic rings. The van der Waals surface area contributed by atoms with Crippen LogP contribution < -0.4 is 5.32 Å². The molecule has 3 rings (SSSR count). The van der Waals surface area contributed by atoms with Crippen LogP contribution in [0.5, 0.6) is 0 Å². The Bertz CT molecular complexity index is 1110. The minimum atomic E-state index is -3.74. The van der Waals surface area contributed by atoms with Crippen molar-refractivity contribution >= 4 is 27.3 Å². The molecule has 2 aromatic carbocycles. The Morgan fingerprint density at radius 3 is 2.45 bits per heavy atom. The van der Waals surface area contributed by atoms with Crippen LogP contribution in [0, 0.1) is 20.4 Å². The van der Waals surface area contributed by atoms with E-state index in [0.29, 0.717) is 18.8 Å². The second-order valence-corrected chi connectivity index (χ2v) is 10.0. The molecule has 31 heavy (non-hydrogen) atoms. The van der Waals surface area contributed by atoms with Gasteiger partial charge in [0.05, 0.1) is 18.0 Å². The summed E-state index contributed by atoms with van der Waals surface area (Å²) in [5.41, 5.74) is 3.16. The number of nitrogens with one attached hydrogen (secondary N) is 1. The highest BCUT2D eigenvalue weighted by Crippen LogP contribution is 2.27. The van der Waals surface area contributed by atoms with Crippen LogP contribution in [-0.4, -0.2) is 55.2 Å². The smallest absolute Gasteiger partial charge is 0.242 e. The Morgan fingerprint density at radius 2 is 1.81 bits per heavy atom. The second-order valence-electron chi connectivity index (χ2n) is 8.20. The van der Waals surface area contributed by atoms with Crippen LogP contribution in [0.2, 0.25) is 0 Å². The first-order valence-corrected chi connectivity index (χ1v) is 11.7. The molecule has 2 atom stereocenters. The lowest BCUT2D eigenvalue weighted by Crippen LogP contribution is -2.59. The first-order valence-electron chi connectivity index (χ1n) is 10.2. The standard InChI is InChI=1S/C23H28N4O3S/c1-16-9-10-17(2)22(11-16)25-23(28)15-26-13-18(3)27(19(4)14-26)31(29,30)21-8-6-7-20(12-21)24-5/h6-12,18-19H,13-15H2,1-4H3,(H,25,28)/t18-,19+. The van der Waals surface area contributed by atoms with E-state index >= 15 is 0 Å². The fourth-order valence-electron chi connectivity index (χ4n) is 4.12. The lowest BCUT2D eigenvalue weighted by Gasteiger charge is -2.43. The maximum Gasteiger partial charge on any atom is 0.242 e. The van der Waals surface area contributed by atoms with Gasteiger partial charge >= 0.3 is 0 Å². The molecule has 0 bridgehead atoms. The number of rotatable bonds is 5. The van der Waals surface area contributed by atoms with E-state index in [1.807, 2.05) is 50.8 Å². The molecular formula is C23H28N4O3S. The van der Waals surface area contributed by atoms with Crippen molar-refractivity contribution < 1.29 is 13.2 Å². The molecule has 0 spiro atoms. The third-order valence-electron chi connectivity index (χ3n) is 5.47. The molecule has 0 aliphatic carbocycles. The van der Waals surface area contributed by atoms with Gasteiger partial charge in [0, 0.05) is 30.9 Å². The summed E-state index contributed by atoms with van der Waals surface area (Å²) in [5, 5.41) is 2.97. The molecule has 0 saturated carbocycles. The number of nitrogens with zero attached hydrogens (tertiary/aromatic N) is 3. The molecule has 1 fully saturated rings. The van der Waals surface area contributed by atoms with E-state index in [9.17, 15) is 13.2 Å². The van der Waals surface area contributed by atoms with Gasteiger partial charge in [-0.3, -0.25) is 9.69 Å². The highest BCUT2D eigenvalue weighted by atomic mass is 32.2. The van der Waals surface area contributed by atoms with E-state index in [1.54, 1.807) is 12.1 Å². The molecule has 0 radical (unpaired) electrons. The molecule has 0 aromatic heterocycles. The number of piperazine rings is 1. The van der Waals surface area contributed by atoms with Crippen LogP contribution >= 0.6 is 0 Å². The fourth-order valence-corrected chi connectivity index (χ4v) is 5.96. The lowest BCUT2D eigenvalue weighted by molar-refractivity contribution is -0.118. The maximum absolute atomic E-state index is 13.2. The average molecular weight is 441 g/mol. The van der Waals surface area contributed by atoms with Gasteiger partial charge in [0.1, 0.15) is 0 Å². The van der Waals surface area contributed by atoms with E-state index < -0.39 is 10.0 Å². The summed E-state index contributed by atoms with van der Waals surface area (Å²) in [6.45, 7) is 15.9. The van der Waals surface area contributed by atoms with Gasteiger partial charge in [0.15, 0.2) is 5.69 Å². The number of sulfonamides is 1. The van der Waals surface area contributed by atoms with Crippen LogP contribution in [0.1, 0.15) is 25.0 Å². The third-order valence-corrected chi connectivity index (χ3v) is 7.59. The fraction of sp³-hybridized carbons (Fsp3) is 0.391. The molecular weight excluding hydrogens is 412 g/mol. The quantitative estimate of drug-likeness (QED) is 0.722. The Labute approximate surface area is 184 Å². The van der Waals surface area contributed by atoms with Gasteiger partial charge in [-0.15, -0.1) is 0 Å². The Balaban J connectivity index is 1.70.